The van der Waals surface area contributed by atoms with Gasteiger partial charge in [0, 0.05) is 11.4 Å². The predicted octanol–water partition coefficient (Wildman–Crippen LogP) is 0.676. The summed E-state index contributed by atoms with van der Waals surface area (Å²) in [4.78, 5) is 12.7. The maximum absolute atomic E-state index is 11.8. The summed E-state index contributed by atoms with van der Waals surface area (Å²) in [6.07, 6.45) is 1.64. The van der Waals surface area contributed by atoms with Gasteiger partial charge in [0.25, 0.3) is 0 Å². The van der Waals surface area contributed by atoms with E-state index in [0.717, 1.165) is 17.2 Å². The molecular formula is C11H15N5OS. The average Bonchev–Trinajstić information content (AvgIpc) is 3.05. The lowest BCUT2D eigenvalue weighted by Gasteiger charge is -2.10. The van der Waals surface area contributed by atoms with Gasteiger partial charge < -0.3 is 15.6 Å². The van der Waals surface area contributed by atoms with Gasteiger partial charge in [-0.15, -0.1) is 21.5 Å². The summed E-state index contributed by atoms with van der Waals surface area (Å²) in [5.41, 5.74) is 5.85. The van der Waals surface area contributed by atoms with Gasteiger partial charge in [0.1, 0.15) is 12.4 Å². The van der Waals surface area contributed by atoms with Gasteiger partial charge in [0.15, 0.2) is 5.82 Å². The third kappa shape index (κ3) is 2.74. The zero-order valence-corrected chi connectivity index (χ0v) is 10.9. The number of rotatable bonds is 5. The molecule has 18 heavy (non-hydrogen) atoms. The van der Waals surface area contributed by atoms with Gasteiger partial charge >= 0.3 is 0 Å². The molecule has 0 radical (unpaired) electrons. The fourth-order valence-electron chi connectivity index (χ4n) is 1.55. The fraction of sp³-hybridized carbons (Fsp3) is 0.364. The van der Waals surface area contributed by atoms with Gasteiger partial charge in [0.2, 0.25) is 5.91 Å². The van der Waals surface area contributed by atoms with Crippen LogP contribution >= 0.6 is 11.3 Å². The molecule has 0 aromatic carbocycles. The van der Waals surface area contributed by atoms with Crippen LogP contribution in [-0.4, -0.2) is 20.7 Å². The largest absolute Gasteiger partial charge is 0.347 e. The van der Waals surface area contributed by atoms with Crippen molar-refractivity contribution in [2.24, 2.45) is 5.73 Å². The summed E-state index contributed by atoms with van der Waals surface area (Å²) >= 11 is 1.47. The number of carbonyl (C=O) groups is 1. The Labute approximate surface area is 109 Å². The lowest BCUT2D eigenvalue weighted by molar-refractivity contribution is -0.122. The van der Waals surface area contributed by atoms with E-state index >= 15 is 0 Å². The highest BCUT2D eigenvalue weighted by Crippen LogP contribution is 2.16. The first-order valence-corrected chi connectivity index (χ1v) is 6.53. The first kappa shape index (κ1) is 12.7. The molecule has 0 aliphatic rings. The van der Waals surface area contributed by atoms with E-state index in [1.165, 1.54) is 11.3 Å². The number of amides is 1. The maximum atomic E-state index is 11.8. The van der Waals surface area contributed by atoms with Crippen molar-refractivity contribution in [1.82, 2.24) is 20.1 Å². The molecule has 0 aliphatic carbocycles. The lowest BCUT2D eigenvalue weighted by Crippen LogP contribution is -2.33. The van der Waals surface area contributed by atoms with E-state index in [-0.39, 0.29) is 5.91 Å². The van der Waals surface area contributed by atoms with Crippen LogP contribution in [0.25, 0.3) is 0 Å². The first-order chi connectivity index (χ1) is 8.72. The van der Waals surface area contributed by atoms with E-state index in [2.05, 4.69) is 15.5 Å². The highest BCUT2D eigenvalue weighted by atomic mass is 32.1. The van der Waals surface area contributed by atoms with Crippen molar-refractivity contribution in [3.05, 3.63) is 34.5 Å². The topological polar surface area (TPSA) is 85.8 Å². The molecule has 0 saturated heterocycles. The summed E-state index contributed by atoms with van der Waals surface area (Å²) in [6.45, 7) is 3.10. The molecule has 2 aromatic rings. The first-order valence-electron chi connectivity index (χ1n) is 5.65. The fourth-order valence-corrected chi connectivity index (χ4v) is 2.28. The molecule has 0 fully saturated rings. The van der Waals surface area contributed by atoms with Crippen molar-refractivity contribution < 1.29 is 4.79 Å². The van der Waals surface area contributed by atoms with Crippen molar-refractivity contribution in [3.8, 4) is 0 Å². The molecule has 96 valence electrons. The monoisotopic (exact) mass is 265 g/mol. The third-order valence-electron chi connectivity index (χ3n) is 2.59. The van der Waals surface area contributed by atoms with E-state index in [9.17, 15) is 4.79 Å². The van der Waals surface area contributed by atoms with E-state index in [4.69, 9.17) is 5.73 Å². The van der Waals surface area contributed by atoms with Gasteiger partial charge in [-0.2, -0.15) is 0 Å². The number of nitrogens with zero attached hydrogens (tertiary/aromatic N) is 3. The molecule has 1 atom stereocenters. The van der Waals surface area contributed by atoms with Gasteiger partial charge in [-0.05, 0) is 18.4 Å². The Morgan fingerprint density at radius 3 is 3.17 bits per heavy atom. The van der Waals surface area contributed by atoms with Crippen molar-refractivity contribution in [2.45, 2.75) is 26.1 Å². The van der Waals surface area contributed by atoms with Crippen LogP contribution in [0.4, 0.5) is 0 Å². The summed E-state index contributed by atoms with van der Waals surface area (Å²) in [5, 5.41) is 12.4. The number of nitrogens with one attached hydrogen (secondary N) is 1. The number of aryl methyl sites for hydroxylation is 1. The number of thiophene rings is 1. The minimum absolute atomic E-state index is 0.205. The van der Waals surface area contributed by atoms with Crippen LogP contribution in [0.5, 0.6) is 0 Å². The number of hydrogen-bond acceptors (Lipinski definition) is 5. The molecule has 0 aliphatic heterocycles. The minimum atomic E-state index is -0.622. The Balaban J connectivity index is 1.92. The third-order valence-corrected chi connectivity index (χ3v) is 3.54. The quantitative estimate of drug-likeness (QED) is 0.832. The van der Waals surface area contributed by atoms with E-state index < -0.39 is 6.04 Å². The summed E-state index contributed by atoms with van der Waals surface area (Å²) in [5.74, 6) is 0.521. The van der Waals surface area contributed by atoms with Crippen molar-refractivity contribution in [2.75, 3.05) is 0 Å². The summed E-state index contributed by atoms with van der Waals surface area (Å²) in [7, 11) is 0. The Morgan fingerprint density at radius 2 is 2.50 bits per heavy atom. The Bertz CT molecular complexity index is 507. The van der Waals surface area contributed by atoms with Crippen LogP contribution < -0.4 is 11.1 Å². The van der Waals surface area contributed by atoms with Crippen LogP contribution in [0, 0.1) is 0 Å². The second kappa shape index (κ2) is 5.74. The maximum Gasteiger partial charge on any atom is 0.242 e. The molecule has 1 amide bonds. The molecule has 2 heterocycles. The van der Waals surface area contributed by atoms with Crippen molar-refractivity contribution in [3.63, 3.8) is 0 Å². The van der Waals surface area contributed by atoms with Gasteiger partial charge in [-0.1, -0.05) is 6.07 Å². The van der Waals surface area contributed by atoms with Crippen LogP contribution in [0.3, 0.4) is 0 Å². The molecule has 0 bridgehead atoms. The van der Waals surface area contributed by atoms with Crippen molar-refractivity contribution in [1.29, 1.82) is 0 Å². The van der Waals surface area contributed by atoms with Crippen LogP contribution in [-0.2, 0) is 17.9 Å². The Morgan fingerprint density at radius 1 is 1.67 bits per heavy atom. The van der Waals surface area contributed by atoms with Crippen LogP contribution in [0.2, 0.25) is 0 Å². The standard InChI is InChI=1S/C11H15N5OS/c1-2-16-7-14-15-9(16)6-13-11(17)10(12)8-4-3-5-18-8/h3-5,7,10H,2,6,12H2,1H3,(H,13,17). The Kier molecular flexibility index (Phi) is 4.06. The second-order valence-electron chi connectivity index (χ2n) is 3.74. The summed E-state index contributed by atoms with van der Waals surface area (Å²) in [6, 6.07) is 3.10. The Hall–Kier alpha value is -1.73. The molecule has 1 unspecified atom stereocenters. The van der Waals surface area contributed by atoms with Crippen molar-refractivity contribution >= 4 is 17.2 Å². The predicted molar refractivity (Wildman–Crippen MR) is 68.8 cm³/mol. The smallest absolute Gasteiger partial charge is 0.242 e. The van der Waals surface area contributed by atoms with E-state index in [0.29, 0.717) is 6.54 Å². The SMILES string of the molecule is CCn1cnnc1CNC(=O)C(N)c1cccs1. The number of hydrogen-bond donors (Lipinski definition) is 2. The summed E-state index contributed by atoms with van der Waals surface area (Å²) < 4.78 is 1.87. The molecule has 3 N–H and O–H groups in total. The van der Waals surface area contributed by atoms with E-state index in [1.54, 1.807) is 6.33 Å². The number of nitrogens with two attached hydrogens (primary N) is 1. The minimum Gasteiger partial charge on any atom is -0.347 e. The molecule has 0 saturated carbocycles. The average molecular weight is 265 g/mol. The lowest BCUT2D eigenvalue weighted by atomic mass is 10.2. The highest BCUT2D eigenvalue weighted by molar-refractivity contribution is 7.10. The molecule has 7 heteroatoms. The van der Waals surface area contributed by atoms with Gasteiger partial charge in [-0.3, -0.25) is 4.79 Å². The van der Waals surface area contributed by atoms with Gasteiger partial charge in [0.05, 0.1) is 6.54 Å². The molecule has 6 nitrogen and oxygen atoms in total. The van der Waals surface area contributed by atoms with Crippen LogP contribution in [0.1, 0.15) is 23.7 Å². The van der Waals surface area contributed by atoms with Gasteiger partial charge in [-0.25, -0.2) is 0 Å². The normalized spacial score (nSPS) is 12.3. The zero-order chi connectivity index (χ0) is 13.0. The zero-order valence-electron chi connectivity index (χ0n) is 10.0. The number of carbonyl (C=O) groups excluding carboxylic acids is 1. The van der Waals surface area contributed by atoms with Crippen LogP contribution in [0.15, 0.2) is 23.8 Å². The molecule has 0 spiro atoms. The molecule has 2 aromatic heterocycles. The van der Waals surface area contributed by atoms with E-state index in [1.807, 2.05) is 29.0 Å². The molecule has 2 rings (SSSR count). The second-order valence-corrected chi connectivity index (χ2v) is 4.72. The molecular weight excluding hydrogens is 250 g/mol. The highest BCUT2D eigenvalue weighted by Gasteiger charge is 2.16. The number of aromatic nitrogens is 3.